The first-order valence-corrected chi connectivity index (χ1v) is 9.47. The van der Waals surface area contributed by atoms with Gasteiger partial charge >= 0.3 is 0 Å². The molecule has 2 unspecified atom stereocenters. The van der Waals surface area contributed by atoms with Gasteiger partial charge in [-0.2, -0.15) is 0 Å². The first-order chi connectivity index (χ1) is 12.0. The van der Waals surface area contributed by atoms with E-state index in [9.17, 15) is 0 Å². The molecule has 132 valence electrons. The number of nitrogen functional groups attached to an aromatic ring is 1. The van der Waals surface area contributed by atoms with Crippen molar-refractivity contribution in [1.82, 2.24) is 9.97 Å². The van der Waals surface area contributed by atoms with Gasteiger partial charge in [0.2, 0.25) is 5.95 Å². The van der Waals surface area contributed by atoms with Crippen molar-refractivity contribution >= 4 is 11.6 Å². The van der Waals surface area contributed by atoms with Crippen LogP contribution in [0.1, 0.15) is 51.3 Å². The van der Waals surface area contributed by atoms with E-state index in [0.717, 1.165) is 36.7 Å². The highest BCUT2D eigenvalue weighted by Gasteiger charge is 2.54. The molecule has 2 N–H and O–H groups in total. The summed E-state index contributed by atoms with van der Waals surface area (Å²) in [5.74, 6) is 1.67. The molecular formula is C21H28N4. The predicted molar refractivity (Wildman–Crippen MR) is 104 cm³/mol. The van der Waals surface area contributed by atoms with E-state index in [1.807, 2.05) is 0 Å². The van der Waals surface area contributed by atoms with Gasteiger partial charge in [0.25, 0.3) is 0 Å². The van der Waals surface area contributed by atoms with Gasteiger partial charge in [-0.25, -0.2) is 9.97 Å². The van der Waals surface area contributed by atoms with Gasteiger partial charge < -0.3 is 10.6 Å². The van der Waals surface area contributed by atoms with Gasteiger partial charge in [-0.1, -0.05) is 26.0 Å². The lowest BCUT2D eigenvalue weighted by Crippen LogP contribution is -2.48. The van der Waals surface area contributed by atoms with Crippen molar-refractivity contribution in [3.63, 3.8) is 0 Å². The summed E-state index contributed by atoms with van der Waals surface area (Å²) in [5.41, 5.74) is 12.4. The molecule has 5 rings (SSSR count). The highest BCUT2D eigenvalue weighted by Crippen LogP contribution is 2.62. The van der Waals surface area contributed by atoms with Gasteiger partial charge in [0, 0.05) is 35.8 Å². The average molecular weight is 336 g/mol. The SMILES string of the molecule is CCN(CC)c1ccc(-c2nc(N)nc3c2CC2CC3C2(C)C)cc1. The van der Waals surface area contributed by atoms with Crippen LogP contribution in [0.2, 0.25) is 0 Å². The molecule has 3 aliphatic rings. The lowest BCUT2D eigenvalue weighted by atomic mass is 9.48. The van der Waals surface area contributed by atoms with Gasteiger partial charge in [0.15, 0.2) is 0 Å². The monoisotopic (exact) mass is 336 g/mol. The van der Waals surface area contributed by atoms with Crippen molar-refractivity contribution < 1.29 is 0 Å². The fourth-order valence-corrected chi connectivity index (χ4v) is 4.74. The molecule has 2 bridgehead atoms. The van der Waals surface area contributed by atoms with Gasteiger partial charge in [-0.3, -0.25) is 0 Å². The first-order valence-electron chi connectivity index (χ1n) is 9.47. The molecule has 2 atom stereocenters. The Balaban J connectivity index is 1.75. The summed E-state index contributed by atoms with van der Waals surface area (Å²) in [6, 6.07) is 8.75. The Hall–Kier alpha value is -2.10. The summed E-state index contributed by atoms with van der Waals surface area (Å²) in [5, 5.41) is 0. The molecule has 0 radical (unpaired) electrons. The topological polar surface area (TPSA) is 55.0 Å². The van der Waals surface area contributed by atoms with E-state index in [-0.39, 0.29) is 0 Å². The van der Waals surface area contributed by atoms with Crippen molar-refractivity contribution in [3.8, 4) is 11.3 Å². The molecule has 1 aromatic heterocycles. The standard InChI is InChI=1S/C21H28N4/c1-5-25(6-2)15-9-7-13(8-10-15)18-16-11-14-12-17(21(14,3)4)19(16)24-20(22)23-18/h7-10,14,17H,5-6,11-12H2,1-4H3,(H2,22,23,24). The zero-order valence-corrected chi connectivity index (χ0v) is 15.7. The van der Waals surface area contributed by atoms with Crippen molar-refractivity contribution in [2.75, 3.05) is 23.7 Å². The van der Waals surface area contributed by atoms with E-state index >= 15 is 0 Å². The van der Waals surface area contributed by atoms with E-state index in [1.54, 1.807) is 0 Å². The fourth-order valence-electron chi connectivity index (χ4n) is 4.74. The molecule has 4 heteroatoms. The van der Waals surface area contributed by atoms with Crippen LogP contribution in [0, 0.1) is 11.3 Å². The number of nitrogens with zero attached hydrogens (tertiary/aromatic N) is 3. The summed E-state index contributed by atoms with van der Waals surface area (Å²) in [6.45, 7) is 11.1. The number of anilines is 2. The van der Waals surface area contributed by atoms with Crippen molar-refractivity contribution in [1.29, 1.82) is 0 Å². The lowest BCUT2D eigenvalue weighted by Gasteiger charge is -2.56. The van der Waals surface area contributed by atoms with Crippen LogP contribution in [-0.4, -0.2) is 23.1 Å². The molecular weight excluding hydrogens is 308 g/mol. The maximum absolute atomic E-state index is 6.08. The summed E-state index contributed by atoms with van der Waals surface area (Å²) in [6.07, 6.45) is 2.32. The predicted octanol–water partition coefficient (Wildman–Crippen LogP) is 4.26. The molecule has 2 aromatic rings. The number of rotatable bonds is 4. The van der Waals surface area contributed by atoms with E-state index in [4.69, 9.17) is 5.73 Å². The molecule has 4 nitrogen and oxygen atoms in total. The molecule has 1 saturated carbocycles. The van der Waals surface area contributed by atoms with Crippen LogP contribution in [0.5, 0.6) is 0 Å². The molecule has 0 saturated heterocycles. The van der Waals surface area contributed by atoms with E-state index < -0.39 is 0 Å². The Kier molecular flexibility index (Phi) is 3.75. The fraction of sp³-hybridized carbons (Fsp3) is 0.524. The van der Waals surface area contributed by atoms with Gasteiger partial charge in [-0.05, 0) is 50.2 Å². The number of hydrogen-bond acceptors (Lipinski definition) is 4. The number of nitrogens with two attached hydrogens (primary N) is 1. The highest BCUT2D eigenvalue weighted by atomic mass is 15.1. The summed E-state index contributed by atoms with van der Waals surface area (Å²) >= 11 is 0. The minimum absolute atomic E-state index is 0.345. The van der Waals surface area contributed by atoms with Crippen LogP contribution >= 0.6 is 0 Å². The van der Waals surface area contributed by atoms with Gasteiger partial charge in [0.05, 0.1) is 11.4 Å². The minimum Gasteiger partial charge on any atom is -0.372 e. The van der Waals surface area contributed by atoms with Crippen molar-refractivity contribution in [2.24, 2.45) is 11.3 Å². The van der Waals surface area contributed by atoms with Gasteiger partial charge in [-0.15, -0.1) is 0 Å². The molecule has 1 aromatic carbocycles. The Morgan fingerprint density at radius 2 is 1.80 bits per heavy atom. The van der Waals surface area contributed by atoms with Crippen LogP contribution < -0.4 is 10.6 Å². The first kappa shape index (κ1) is 16.4. The third-order valence-corrected chi connectivity index (χ3v) is 6.58. The minimum atomic E-state index is 0.345. The average Bonchev–Trinajstić information content (AvgIpc) is 2.61. The van der Waals surface area contributed by atoms with E-state index in [2.05, 4.69) is 66.8 Å². The summed E-state index contributed by atoms with van der Waals surface area (Å²) in [7, 11) is 0. The summed E-state index contributed by atoms with van der Waals surface area (Å²) < 4.78 is 0. The molecule has 0 spiro atoms. The second kappa shape index (κ2) is 5.72. The van der Waals surface area contributed by atoms with Crippen LogP contribution in [0.25, 0.3) is 11.3 Å². The van der Waals surface area contributed by atoms with Crippen molar-refractivity contribution in [3.05, 3.63) is 35.5 Å². The second-order valence-electron chi connectivity index (χ2n) is 8.02. The second-order valence-corrected chi connectivity index (χ2v) is 8.02. The molecule has 0 aliphatic heterocycles. The quantitative estimate of drug-likeness (QED) is 0.906. The molecule has 25 heavy (non-hydrogen) atoms. The van der Waals surface area contributed by atoms with Crippen LogP contribution in [-0.2, 0) is 6.42 Å². The zero-order valence-electron chi connectivity index (χ0n) is 15.7. The Morgan fingerprint density at radius 3 is 2.40 bits per heavy atom. The maximum Gasteiger partial charge on any atom is 0.220 e. The van der Waals surface area contributed by atoms with Crippen LogP contribution in [0.15, 0.2) is 24.3 Å². The third kappa shape index (κ3) is 2.42. The smallest absolute Gasteiger partial charge is 0.220 e. The van der Waals surface area contributed by atoms with Crippen LogP contribution in [0.3, 0.4) is 0 Å². The Bertz CT molecular complexity index is 790. The largest absolute Gasteiger partial charge is 0.372 e. The Morgan fingerprint density at radius 1 is 1.12 bits per heavy atom. The lowest BCUT2D eigenvalue weighted by molar-refractivity contribution is 0.0156. The third-order valence-electron chi connectivity index (χ3n) is 6.58. The highest BCUT2D eigenvalue weighted by molar-refractivity contribution is 5.69. The molecule has 0 amide bonds. The maximum atomic E-state index is 6.08. The molecule has 3 aliphatic carbocycles. The van der Waals surface area contributed by atoms with E-state index in [0.29, 0.717) is 17.3 Å². The number of aromatic nitrogens is 2. The van der Waals surface area contributed by atoms with Crippen molar-refractivity contribution in [2.45, 2.75) is 46.5 Å². The number of hydrogen-bond donors (Lipinski definition) is 1. The van der Waals surface area contributed by atoms with E-state index in [1.165, 1.54) is 23.4 Å². The summed E-state index contributed by atoms with van der Waals surface area (Å²) in [4.78, 5) is 11.6. The van der Waals surface area contributed by atoms with Gasteiger partial charge in [0.1, 0.15) is 0 Å². The zero-order chi connectivity index (χ0) is 17.8. The number of benzene rings is 1. The molecule has 1 fully saturated rings. The Labute approximate surface area is 150 Å². The molecule has 1 heterocycles. The van der Waals surface area contributed by atoms with Crippen LogP contribution in [0.4, 0.5) is 11.6 Å². The normalized spacial score (nSPS) is 22.9.